The van der Waals surface area contributed by atoms with Gasteiger partial charge in [0.2, 0.25) is 0 Å². The molecule has 74 valence electrons. The van der Waals surface area contributed by atoms with Gasteiger partial charge in [0.05, 0.1) is 6.10 Å². The average molecular weight is 193 g/mol. The number of nitrogens with one attached hydrogen (secondary N) is 1. The van der Waals surface area contributed by atoms with Crippen molar-refractivity contribution in [3.8, 4) is 0 Å². The predicted molar refractivity (Wildman–Crippen MR) is 53.6 cm³/mol. The molecule has 0 spiro atoms. The van der Waals surface area contributed by atoms with Crippen molar-refractivity contribution in [1.29, 1.82) is 0 Å². The first-order valence-corrected chi connectivity index (χ1v) is 4.61. The summed E-state index contributed by atoms with van der Waals surface area (Å²) in [6, 6.07) is 4.92. The molecule has 0 aliphatic rings. The van der Waals surface area contributed by atoms with E-state index in [1.807, 2.05) is 6.07 Å². The molecule has 0 aliphatic carbocycles. The van der Waals surface area contributed by atoms with Crippen LogP contribution in [-0.4, -0.2) is 16.2 Å². The molecule has 1 atom stereocenters. The summed E-state index contributed by atoms with van der Waals surface area (Å²) in [4.78, 5) is 2.98. The quantitative estimate of drug-likeness (QED) is 0.753. The second-order valence-corrected chi connectivity index (χ2v) is 3.53. The largest absolute Gasteiger partial charge is 0.393 e. The Balaban J connectivity index is 2.55. The standard InChI is InChI=1S/C11H12FNO/c1-7(14)5-8-6-13-10-4-2-3-9(12)11(8)10/h2-4,6-7,13-14H,5H2,1H3/t7-/m1/s1. The van der Waals surface area contributed by atoms with Gasteiger partial charge in [-0.05, 0) is 24.6 Å². The predicted octanol–water partition coefficient (Wildman–Crippen LogP) is 2.23. The Kier molecular flexibility index (Phi) is 2.25. The van der Waals surface area contributed by atoms with Gasteiger partial charge in [-0.1, -0.05) is 6.07 Å². The van der Waals surface area contributed by atoms with Crippen LogP contribution in [0.4, 0.5) is 4.39 Å². The summed E-state index contributed by atoms with van der Waals surface area (Å²) in [7, 11) is 0. The van der Waals surface area contributed by atoms with E-state index in [9.17, 15) is 9.50 Å². The number of aliphatic hydroxyl groups is 1. The van der Waals surface area contributed by atoms with E-state index in [1.54, 1.807) is 19.2 Å². The van der Waals surface area contributed by atoms with Crippen molar-refractivity contribution >= 4 is 10.9 Å². The van der Waals surface area contributed by atoms with Crippen molar-refractivity contribution in [2.45, 2.75) is 19.4 Å². The van der Waals surface area contributed by atoms with Gasteiger partial charge in [-0.2, -0.15) is 0 Å². The number of hydrogen-bond donors (Lipinski definition) is 2. The molecule has 2 nitrogen and oxygen atoms in total. The molecule has 1 aromatic heterocycles. The van der Waals surface area contributed by atoms with Crippen LogP contribution in [0.25, 0.3) is 10.9 Å². The third-order valence-corrected chi connectivity index (χ3v) is 2.25. The van der Waals surface area contributed by atoms with Crippen LogP contribution in [0.5, 0.6) is 0 Å². The van der Waals surface area contributed by atoms with Gasteiger partial charge in [-0.3, -0.25) is 0 Å². The normalized spacial score (nSPS) is 13.4. The zero-order chi connectivity index (χ0) is 10.1. The van der Waals surface area contributed by atoms with Crippen molar-refractivity contribution in [1.82, 2.24) is 4.98 Å². The van der Waals surface area contributed by atoms with Crippen LogP contribution in [0.1, 0.15) is 12.5 Å². The molecule has 2 rings (SSSR count). The molecule has 0 radical (unpaired) electrons. The Hall–Kier alpha value is -1.35. The number of hydrogen-bond acceptors (Lipinski definition) is 1. The molecule has 0 aliphatic heterocycles. The maximum atomic E-state index is 13.4. The van der Waals surface area contributed by atoms with E-state index in [0.717, 1.165) is 11.1 Å². The maximum Gasteiger partial charge on any atom is 0.132 e. The molecule has 0 bridgehead atoms. The molecule has 0 amide bonds. The van der Waals surface area contributed by atoms with E-state index in [4.69, 9.17) is 0 Å². The highest BCUT2D eigenvalue weighted by atomic mass is 19.1. The SMILES string of the molecule is C[C@@H](O)Cc1c[nH]c2cccc(F)c12. The van der Waals surface area contributed by atoms with E-state index < -0.39 is 6.10 Å². The van der Waals surface area contributed by atoms with Crippen molar-refractivity contribution in [3.63, 3.8) is 0 Å². The molecule has 0 saturated heterocycles. The minimum absolute atomic E-state index is 0.237. The number of H-pyrrole nitrogens is 1. The fourth-order valence-electron chi connectivity index (χ4n) is 1.69. The third kappa shape index (κ3) is 1.51. The molecule has 14 heavy (non-hydrogen) atoms. The Labute approximate surface area is 81.4 Å². The lowest BCUT2D eigenvalue weighted by atomic mass is 10.1. The number of aromatic nitrogens is 1. The van der Waals surface area contributed by atoms with Gasteiger partial charge in [0.15, 0.2) is 0 Å². The number of halogens is 1. The Morgan fingerprint density at radius 1 is 1.50 bits per heavy atom. The summed E-state index contributed by atoms with van der Waals surface area (Å²) in [5.41, 5.74) is 1.61. The Morgan fingerprint density at radius 2 is 2.29 bits per heavy atom. The van der Waals surface area contributed by atoms with Crippen LogP contribution < -0.4 is 0 Å². The lowest BCUT2D eigenvalue weighted by Gasteiger charge is -2.02. The zero-order valence-corrected chi connectivity index (χ0v) is 7.92. The summed E-state index contributed by atoms with van der Waals surface area (Å²) in [6.07, 6.45) is 1.77. The lowest BCUT2D eigenvalue weighted by molar-refractivity contribution is 0.196. The summed E-state index contributed by atoms with van der Waals surface area (Å²) >= 11 is 0. The molecule has 0 unspecified atom stereocenters. The van der Waals surface area contributed by atoms with E-state index in [2.05, 4.69) is 4.98 Å². The van der Waals surface area contributed by atoms with Gasteiger partial charge in [0, 0.05) is 23.5 Å². The van der Waals surface area contributed by atoms with Crippen LogP contribution in [-0.2, 0) is 6.42 Å². The zero-order valence-electron chi connectivity index (χ0n) is 7.92. The molecule has 1 heterocycles. The molecular formula is C11H12FNO. The van der Waals surface area contributed by atoms with Gasteiger partial charge >= 0.3 is 0 Å². The topological polar surface area (TPSA) is 36.0 Å². The van der Waals surface area contributed by atoms with Gasteiger partial charge < -0.3 is 10.1 Å². The third-order valence-electron chi connectivity index (χ3n) is 2.25. The average Bonchev–Trinajstić information content (AvgIpc) is 2.49. The van der Waals surface area contributed by atoms with Crippen LogP contribution in [0.2, 0.25) is 0 Å². The van der Waals surface area contributed by atoms with Crippen LogP contribution in [0.15, 0.2) is 24.4 Å². The van der Waals surface area contributed by atoms with Crippen LogP contribution in [0.3, 0.4) is 0 Å². The van der Waals surface area contributed by atoms with Crippen LogP contribution >= 0.6 is 0 Å². The summed E-state index contributed by atoms with van der Waals surface area (Å²) in [5, 5.41) is 9.83. The van der Waals surface area contributed by atoms with E-state index in [-0.39, 0.29) is 5.82 Å². The summed E-state index contributed by atoms with van der Waals surface area (Å²) < 4.78 is 13.4. The van der Waals surface area contributed by atoms with Gasteiger partial charge in [0.1, 0.15) is 5.82 Å². The number of fused-ring (bicyclic) bond motifs is 1. The number of rotatable bonds is 2. The van der Waals surface area contributed by atoms with Gasteiger partial charge in [-0.25, -0.2) is 4.39 Å². The first-order chi connectivity index (χ1) is 6.68. The molecule has 0 saturated carbocycles. The van der Waals surface area contributed by atoms with E-state index in [1.165, 1.54) is 6.07 Å². The van der Waals surface area contributed by atoms with Crippen molar-refractivity contribution in [2.75, 3.05) is 0 Å². The van der Waals surface area contributed by atoms with Crippen molar-refractivity contribution in [2.24, 2.45) is 0 Å². The van der Waals surface area contributed by atoms with Crippen molar-refractivity contribution < 1.29 is 9.50 Å². The molecule has 0 fully saturated rings. The fourth-order valence-corrected chi connectivity index (χ4v) is 1.69. The first-order valence-electron chi connectivity index (χ1n) is 4.61. The molecular weight excluding hydrogens is 181 g/mol. The second-order valence-electron chi connectivity index (χ2n) is 3.53. The summed E-state index contributed by atoms with van der Waals surface area (Å²) in [5.74, 6) is -0.237. The fraction of sp³-hybridized carbons (Fsp3) is 0.273. The van der Waals surface area contributed by atoms with E-state index in [0.29, 0.717) is 11.8 Å². The molecule has 1 aromatic carbocycles. The minimum atomic E-state index is -0.450. The molecule has 3 heteroatoms. The lowest BCUT2D eigenvalue weighted by Crippen LogP contribution is -2.03. The highest BCUT2D eigenvalue weighted by Crippen LogP contribution is 2.22. The minimum Gasteiger partial charge on any atom is -0.393 e. The number of aromatic amines is 1. The smallest absolute Gasteiger partial charge is 0.132 e. The van der Waals surface area contributed by atoms with Gasteiger partial charge in [0.25, 0.3) is 0 Å². The first kappa shape index (κ1) is 9.21. The maximum absolute atomic E-state index is 13.4. The highest BCUT2D eigenvalue weighted by molar-refractivity contribution is 5.83. The Bertz CT molecular complexity index is 447. The monoisotopic (exact) mass is 193 g/mol. The highest BCUT2D eigenvalue weighted by Gasteiger charge is 2.09. The van der Waals surface area contributed by atoms with Crippen molar-refractivity contribution in [3.05, 3.63) is 35.8 Å². The molecule has 2 N–H and O–H groups in total. The number of aliphatic hydroxyl groups excluding tert-OH is 1. The van der Waals surface area contributed by atoms with Crippen LogP contribution in [0, 0.1) is 5.82 Å². The molecule has 2 aromatic rings. The summed E-state index contributed by atoms with van der Waals surface area (Å²) in [6.45, 7) is 1.69. The van der Waals surface area contributed by atoms with E-state index >= 15 is 0 Å². The van der Waals surface area contributed by atoms with Gasteiger partial charge in [-0.15, -0.1) is 0 Å². The number of benzene rings is 1. The second kappa shape index (κ2) is 3.42. The Morgan fingerprint density at radius 3 is 3.00 bits per heavy atom.